The van der Waals surface area contributed by atoms with Gasteiger partial charge in [0, 0.05) is 13.2 Å². The first-order valence-corrected chi connectivity index (χ1v) is 5.48. The van der Waals surface area contributed by atoms with E-state index in [1.54, 1.807) is 0 Å². The molecule has 0 amide bonds. The van der Waals surface area contributed by atoms with Gasteiger partial charge in [-0.3, -0.25) is 5.32 Å². The third kappa shape index (κ3) is 1.78. The standard InChI is InChI=1S/C12H15NO2/c1-2-4-11-9(3-1)7-13-12(11)15-10-5-6-14-8-10/h1-4,10,12-13H,5-8H2/t10-,12?/m0/s1. The van der Waals surface area contributed by atoms with Gasteiger partial charge in [0.1, 0.15) is 6.23 Å². The summed E-state index contributed by atoms with van der Waals surface area (Å²) in [6.07, 6.45) is 1.34. The van der Waals surface area contributed by atoms with Gasteiger partial charge in [-0.05, 0) is 17.5 Å². The van der Waals surface area contributed by atoms with Crippen LogP contribution in [0.4, 0.5) is 0 Å². The first kappa shape index (κ1) is 9.33. The predicted octanol–water partition coefficient (Wildman–Crippen LogP) is 1.59. The van der Waals surface area contributed by atoms with Crippen LogP contribution in [0.1, 0.15) is 23.8 Å². The average molecular weight is 205 g/mol. The highest BCUT2D eigenvalue weighted by Crippen LogP contribution is 2.28. The van der Waals surface area contributed by atoms with Crippen molar-refractivity contribution >= 4 is 0 Å². The van der Waals surface area contributed by atoms with E-state index in [1.165, 1.54) is 11.1 Å². The van der Waals surface area contributed by atoms with Crippen molar-refractivity contribution in [2.24, 2.45) is 0 Å². The van der Waals surface area contributed by atoms with Gasteiger partial charge in [-0.1, -0.05) is 24.3 Å². The lowest BCUT2D eigenvalue weighted by Gasteiger charge is -2.17. The fourth-order valence-corrected chi connectivity index (χ4v) is 2.20. The highest BCUT2D eigenvalue weighted by Gasteiger charge is 2.26. The molecule has 1 aromatic carbocycles. The Bertz CT molecular complexity index is 347. The molecule has 0 aromatic heterocycles. The van der Waals surface area contributed by atoms with Crippen molar-refractivity contribution in [2.75, 3.05) is 13.2 Å². The van der Waals surface area contributed by atoms with Crippen molar-refractivity contribution in [3.05, 3.63) is 35.4 Å². The summed E-state index contributed by atoms with van der Waals surface area (Å²) in [5.74, 6) is 0. The molecule has 3 rings (SSSR count). The van der Waals surface area contributed by atoms with E-state index in [1.807, 2.05) is 0 Å². The second-order valence-corrected chi connectivity index (χ2v) is 4.08. The number of benzene rings is 1. The van der Waals surface area contributed by atoms with Crippen LogP contribution in [0.5, 0.6) is 0 Å². The van der Waals surface area contributed by atoms with Gasteiger partial charge in [0.05, 0.1) is 12.7 Å². The van der Waals surface area contributed by atoms with E-state index in [4.69, 9.17) is 9.47 Å². The van der Waals surface area contributed by atoms with Crippen LogP contribution in [0.15, 0.2) is 24.3 Å². The molecule has 1 aromatic rings. The Hall–Kier alpha value is -0.900. The normalized spacial score (nSPS) is 29.3. The minimum Gasteiger partial charge on any atom is -0.379 e. The van der Waals surface area contributed by atoms with Crippen LogP contribution < -0.4 is 5.32 Å². The largest absolute Gasteiger partial charge is 0.379 e. The molecule has 15 heavy (non-hydrogen) atoms. The third-order valence-corrected chi connectivity index (χ3v) is 3.03. The van der Waals surface area contributed by atoms with Crippen molar-refractivity contribution in [2.45, 2.75) is 25.3 Å². The summed E-state index contributed by atoms with van der Waals surface area (Å²) in [7, 11) is 0. The number of nitrogens with one attached hydrogen (secondary N) is 1. The molecule has 1 fully saturated rings. The van der Waals surface area contributed by atoms with Crippen LogP contribution in [-0.2, 0) is 16.0 Å². The number of hydrogen-bond donors (Lipinski definition) is 1. The van der Waals surface area contributed by atoms with E-state index in [0.29, 0.717) is 0 Å². The van der Waals surface area contributed by atoms with Crippen molar-refractivity contribution in [1.29, 1.82) is 0 Å². The molecule has 1 saturated heterocycles. The molecule has 2 heterocycles. The minimum absolute atomic E-state index is 0.0629. The lowest BCUT2D eigenvalue weighted by Crippen LogP contribution is -2.23. The first-order chi connectivity index (χ1) is 7.43. The Morgan fingerprint density at radius 2 is 2.27 bits per heavy atom. The predicted molar refractivity (Wildman–Crippen MR) is 56.3 cm³/mol. The molecule has 2 atom stereocenters. The summed E-state index contributed by atoms with van der Waals surface area (Å²) in [6.45, 7) is 2.48. The summed E-state index contributed by atoms with van der Waals surface area (Å²) in [5, 5.41) is 3.37. The van der Waals surface area contributed by atoms with Crippen LogP contribution in [0, 0.1) is 0 Å². The topological polar surface area (TPSA) is 30.5 Å². The van der Waals surface area contributed by atoms with Gasteiger partial charge in [0.15, 0.2) is 0 Å². The van der Waals surface area contributed by atoms with Crippen molar-refractivity contribution in [3.8, 4) is 0 Å². The number of hydrogen-bond acceptors (Lipinski definition) is 3. The van der Waals surface area contributed by atoms with Gasteiger partial charge in [0.25, 0.3) is 0 Å². The Balaban J connectivity index is 1.73. The number of fused-ring (bicyclic) bond motifs is 1. The lowest BCUT2D eigenvalue weighted by molar-refractivity contribution is -0.0293. The van der Waals surface area contributed by atoms with Crippen molar-refractivity contribution in [1.82, 2.24) is 5.32 Å². The Kier molecular flexibility index (Phi) is 2.44. The van der Waals surface area contributed by atoms with E-state index < -0.39 is 0 Å². The fraction of sp³-hybridized carbons (Fsp3) is 0.500. The van der Waals surface area contributed by atoms with Gasteiger partial charge in [-0.25, -0.2) is 0 Å². The second-order valence-electron chi connectivity index (χ2n) is 4.08. The molecule has 3 nitrogen and oxygen atoms in total. The Morgan fingerprint density at radius 1 is 1.33 bits per heavy atom. The van der Waals surface area contributed by atoms with E-state index in [9.17, 15) is 0 Å². The summed E-state index contributed by atoms with van der Waals surface area (Å²) in [5.41, 5.74) is 2.63. The molecule has 0 spiro atoms. The molecular formula is C12H15NO2. The van der Waals surface area contributed by atoms with Crippen LogP contribution in [-0.4, -0.2) is 19.3 Å². The van der Waals surface area contributed by atoms with Crippen LogP contribution >= 0.6 is 0 Å². The third-order valence-electron chi connectivity index (χ3n) is 3.03. The zero-order chi connectivity index (χ0) is 10.1. The molecule has 80 valence electrons. The molecule has 2 aliphatic heterocycles. The van der Waals surface area contributed by atoms with Crippen molar-refractivity contribution < 1.29 is 9.47 Å². The first-order valence-electron chi connectivity index (χ1n) is 5.48. The van der Waals surface area contributed by atoms with Gasteiger partial charge < -0.3 is 9.47 Å². The van der Waals surface area contributed by atoms with Crippen LogP contribution in [0.25, 0.3) is 0 Å². The summed E-state index contributed by atoms with van der Waals surface area (Å²) in [4.78, 5) is 0. The monoisotopic (exact) mass is 205 g/mol. The highest BCUT2D eigenvalue weighted by molar-refractivity contribution is 5.32. The minimum atomic E-state index is 0.0629. The fourth-order valence-electron chi connectivity index (χ4n) is 2.20. The van der Waals surface area contributed by atoms with Gasteiger partial charge >= 0.3 is 0 Å². The second kappa shape index (κ2) is 3.93. The summed E-state index contributed by atoms with van der Waals surface area (Å²) >= 11 is 0. The molecule has 0 saturated carbocycles. The average Bonchev–Trinajstić information content (AvgIpc) is 2.89. The molecule has 3 heteroatoms. The lowest BCUT2D eigenvalue weighted by atomic mass is 10.1. The highest BCUT2D eigenvalue weighted by atomic mass is 16.6. The zero-order valence-electron chi connectivity index (χ0n) is 8.61. The number of ether oxygens (including phenoxy) is 2. The van der Waals surface area contributed by atoms with E-state index in [-0.39, 0.29) is 12.3 Å². The summed E-state index contributed by atoms with van der Waals surface area (Å²) in [6, 6.07) is 8.42. The SMILES string of the molecule is c1ccc2c(c1)CNC2O[C@H]1CCOC1. The van der Waals surface area contributed by atoms with Crippen LogP contribution in [0.3, 0.4) is 0 Å². The summed E-state index contributed by atoms with van der Waals surface area (Å²) < 4.78 is 11.3. The Morgan fingerprint density at radius 3 is 3.13 bits per heavy atom. The molecule has 0 bridgehead atoms. The molecular weight excluding hydrogens is 190 g/mol. The smallest absolute Gasteiger partial charge is 0.135 e. The van der Waals surface area contributed by atoms with Gasteiger partial charge in [0.2, 0.25) is 0 Å². The maximum Gasteiger partial charge on any atom is 0.135 e. The zero-order valence-corrected chi connectivity index (χ0v) is 8.61. The maximum atomic E-state index is 5.96. The van der Waals surface area contributed by atoms with E-state index >= 15 is 0 Å². The quantitative estimate of drug-likeness (QED) is 0.795. The van der Waals surface area contributed by atoms with E-state index in [2.05, 4.69) is 29.6 Å². The van der Waals surface area contributed by atoms with E-state index in [0.717, 1.165) is 26.2 Å². The molecule has 0 radical (unpaired) electrons. The number of rotatable bonds is 2. The maximum absolute atomic E-state index is 5.96. The molecule has 0 aliphatic carbocycles. The van der Waals surface area contributed by atoms with Gasteiger partial charge in [-0.15, -0.1) is 0 Å². The van der Waals surface area contributed by atoms with Crippen LogP contribution in [0.2, 0.25) is 0 Å². The molecule has 1 N–H and O–H groups in total. The molecule has 1 unspecified atom stereocenters. The Labute approximate surface area is 89.4 Å². The molecule has 2 aliphatic rings. The van der Waals surface area contributed by atoms with Crippen molar-refractivity contribution in [3.63, 3.8) is 0 Å². The van der Waals surface area contributed by atoms with Gasteiger partial charge in [-0.2, -0.15) is 0 Å².